The first-order chi connectivity index (χ1) is 7.09. The van der Waals surface area contributed by atoms with Crippen molar-refractivity contribution < 1.29 is 5.11 Å². The molecular formula is C12H16N2O. The molecule has 3 heteroatoms. The predicted octanol–water partition coefficient (Wildman–Crippen LogP) is 1.59. The van der Waals surface area contributed by atoms with Crippen molar-refractivity contribution in [3.05, 3.63) is 23.0 Å². The largest absolute Gasteiger partial charge is 0.373 e. The molecule has 2 N–H and O–H groups in total. The fraction of sp³-hybridized carbons (Fsp3) is 0.583. The highest BCUT2D eigenvalue weighted by Crippen LogP contribution is 2.40. The number of nitrogens with one attached hydrogen (secondary N) is 1. The van der Waals surface area contributed by atoms with Gasteiger partial charge in [-0.2, -0.15) is 0 Å². The minimum Gasteiger partial charge on any atom is -0.373 e. The van der Waals surface area contributed by atoms with Gasteiger partial charge in [0.1, 0.15) is 6.23 Å². The number of hydrogen-bond donors (Lipinski definition) is 2. The van der Waals surface area contributed by atoms with Crippen LogP contribution < -0.4 is 5.32 Å². The number of aromatic nitrogens is 1. The summed E-state index contributed by atoms with van der Waals surface area (Å²) in [6.45, 7) is 4.07. The van der Waals surface area contributed by atoms with Gasteiger partial charge in [0.05, 0.1) is 16.8 Å². The van der Waals surface area contributed by atoms with Crippen LogP contribution in [-0.4, -0.2) is 16.3 Å². The molecule has 1 atom stereocenters. The van der Waals surface area contributed by atoms with E-state index in [1.807, 2.05) is 13.8 Å². The Kier molecular flexibility index (Phi) is 1.67. The Balaban J connectivity index is 2.17. The van der Waals surface area contributed by atoms with E-state index in [-0.39, 0.29) is 5.41 Å². The second-order valence-electron chi connectivity index (χ2n) is 5.11. The minimum absolute atomic E-state index is 0.271. The molecule has 0 saturated heterocycles. The van der Waals surface area contributed by atoms with Crippen molar-refractivity contribution in [1.29, 1.82) is 0 Å². The first-order valence-corrected chi connectivity index (χ1v) is 5.57. The third-order valence-electron chi connectivity index (χ3n) is 3.64. The van der Waals surface area contributed by atoms with Crippen LogP contribution in [0.3, 0.4) is 0 Å². The number of aliphatic hydroxyl groups is 1. The fourth-order valence-electron chi connectivity index (χ4n) is 2.53. The van der Waals surface area contributed by atoms with E-state index in [1.165, 1.54) is 17.7 Å². The van der Waals surface area contributed by atoms with E-state index in [2.05, 4.69) is 11.4 Å². The molecule has 0 bridgehead atoms. The Morgan fingerprint density at radius 3 is 3.07 bits per heavy atom. The number of aryl methyl sites for hydroxylation is 2. The van der Waals surface area contributed by atoms with Gasteiger partial charge in [0.2, 0.25) is 0 Å². The second kappa shape index (κ2) is 2.73. The normalized spacial score (nSPS) is 25.9. The fourth-order valence-corrected chi connectivity index (χ4v) is 2.53. The molecule has 2 aliphatic rings. The molecule has 3 nitrogen and oxygen atoms in total. The topological polar surface area (TPSA) is 45.2 Å². The smallest absolute Gasteiger partial charge is 0.135 e. The van der Waals surface area contributed by atoms with Crippen LogP contribution >= 0.6 is 0 Å². The Bertz CT molecular complexity index is 426. The van der Waals surface area contributed by atoms with Crippen LogP contribution in [0.4, 0.5) is 5.69 Å². The van der Waals surface area contributed by atoms with Gasteiger partial charge in [-0.1, -0.05) is 0 Å². The van der Waals surface area contributed by atoms with Crippen LogP contribution in [0.25, 0.3) is 0 Å². The van der Waals surface area contributed by atoms with E-state index in [4.69, 9.17) is 4.98 Å². The summed E-state index contributed by atoms with van der Waals surface area (Å²) in [5, 5.41) is 13.0. The van der Waals surface area contributed by atoms with Crippen molar-refractivity contribution in [1.82, 2.24) is 4.98 Å². The molecule has 2 heterocycles. The molecule has 1 aliphatic carbocycles. The molecule has 0 aromatic carbocycles. The number of anilines is 1. The van der Waals surface area contributed by atoms with E-state index in [1.54, 1.807) is 0 Å². The van der Waals surface area contributed by atoms with Crippen LogP contribution in [0.5, 0.6) is 0 Å². The first-order valence-electron chi connectivity index (χ1n) is 5.57. The van der Waals surface area contributed by atoms with Crippen molar-refractivity contribution in [2.75, 3.05) is 5.32 Å². The Hall–Kier alpha value is -1.09. The third kappa shape index (κ3) is 1.13. The van der Waals surface area contributed by atoms with Crippen LogP contribution in [0.2, 0.25) is 0 Å². The zero-order valence-electron chi connectivity index (χ0n) is 9.17. The maximum absolute atomic E-state index is 9.90. The van der Waals surface area contributed by atoms with Gasteiger partial charge in [-0.05, 0) is 44.7 Å². The van der Waals surface area contributed by atoms with Gasteiger partial charge in [-0.15, -0.1) is 0 Å². The number of rotatable bonds is 0. The average Bonchev–Trinajstić information content (AvgIpc) is 2.69. The van der Waals surface area contributed by atoms with Gasteiger partial charge in [-0.25, -0.2) is 0 Å². The highest BCUT2D eigenvalue weighted by molar-refractivity contribution is 5.60. The lowest BCUT2D eigenvalue weighted by Gasteiger charge is -2.21. The zero-order chi connectivity index (χ0) is 10.6. The summed E-state index contributed by atoms with van der Waals surface area (Å²) < 4.78 is 0. The summed E-state index contributed by atoms with van der Waals surface area (Å²) in [7, 11) is 0. The number of nitrogens with zero attached hydrogens (tertiary/aromatic N) is 1. The monoisotopic (exact) mass is 204 g/mol. The summed E-state index contributed by atoms with van der Waals surface area (Å²) >= 11 is 0. The van der Waals surface area contributed by atoms with Crippen molar-refractivity contribution in [3.8, 4) is 0 Å². The van der Waals surface area contributed by atoms with Gasteiger partial charge >= 0.3 is 0 Å². The molecule has 1 unspecified atom stereocenters. The highest BCUT2D eigenvalue weighted by atomic mass is 16.3. The van der Waals surface area contributed by atoms with Crippen LogP contribution in [0.15, 0.2) is 6.07 Å². The molecule has 0 saturated carbocycles. The summed E-state index contributed by atoms with van der Waals surface area (Å²) in [5.74, 6) is 0. The lowest BCUT2D eigenvalue weighted by Crippen LogP contribution is -2.33. The number of hydrogen-bond acceptors (Lipinski definition) is 3. The summed E-state index contributed by atoms with van der Waals surface area (Å²) in [4.78, 5) is 4.71. The lowest BCUT2D eigenvalue weighted by atomic mass is 9.89. The third-order valence-corrected chi connectivity index (χ3v) is 3.64. The summed E-state index contributed by atoms with van der Waals surface area (Å²) in [6, 6.07) is 2.17. The number of fused-ring (bicyclic) bond motifs is 2. The van der Waals surface area contributed by atoms with E-state index >= 15 is 0 Å². The van der Waals surface area contributed by atoms with Gasteiger partial charge in [-0.3, -0.25) is 4.98 Å². The quantitative estimate of drug-likeness (QED) is 0.674. The van der Waals surface area contributed by atoms with Crippen LogP contribution in [0.1, 0.15) is 37.2 Å². The molecular weight excluding hydrogens is 188 g/mol. The van der Waals surface area contributed by atoms with Crippen molar-refractivity contribution in [3.63, 3.8) is 0 Å². The van der Waals surface area contributed by atoms with Crippen molar-refractivity contribution in [2.45, 2.75) is 44.8 Å². The molecule has 1 aromatic heterocycles. The lowest BCUT2D eigenvalue weighted by molar-refractivity contribution is 0.135. The SMILES string of the molecule is CC1(C)c2nc3c(cc2NC1O)CCC3. The van der Waals surface area contributed by atoms with E-state index in [0.29, 0.717) is 0 Å². The molecule has 0 radical (unpaired) electrons. The molecule has 1 aromatic rings. The maximum Gasteiger partial charge on any atom is 0.135 e. The Labute approximate surface area is 89.5 Å². The highest BCUT2D eigenvalue weighted by Gasteiger charge is 2.40. The second-order valence-corrected chi connectivity index (χ2v) is 5.11. The minimum atomic E-state index is -0.512. The molecule has 0 fully saturated rings. The van der Waals surface area contributed by atoms with Crippen LogP contribution in [0, 0.1) is 0 Å². The molecule has 3 rings (SSSR count). The average molecular weight is 204 g/mol. The molecule has 80 valence electrons. The van der Waals surface area contributed by atoms with E-state index in [9.17, 15) is 5.11 Å². The van der Waals surface area contributed by atoms with Crippen molar-refractivity contribution >= 4 is 5.69 Å². The molecule has 0 spiro atoms. The van der Waals surface area contributed by atoms with Gasteiger partial charge < -0.3 is 10.4 Å². The summed E-state index contributed by atoms with van der Waals surface area (Å²) in [5.41, 5.74) is 4.36. The van der Waals surface area contributed by atoms with Crippen LogP contribution in [-0.2, 0) is 18.3 Å². The van der Waals surface area contributed by atoms with Crippen molar-refractivity contribution in [2.24, 2.45) is 0 Å². The van der Waals surface area contributed by atoms with E-state index < -0.39 is 6.23 Å². The van der Waals surface area contributed by atoms with E-state index in [0.717, 1.165) is 24.2 Å². The first kappa shape index (κ1) is 9.16. The molecule has 0 amide bonds. The van der Waals surface area contributed by atoms with Gasteiger partial charge in [0, 0.05) is 5.69 Å². The maximum atomic E-state index is 9.90. The van der Waals surface area contributed by atoms with Gasteiger partial charge in [0.25, 0.3) is 0 Å². The number of aliphatic hydroxyl groups excluding tert-OH is 1. The zero-order valence-corrected chi connectivity index (χ0v) is 9.17. The standard InChI is InChI=1S/C12H16N2O/c1-12(2)10-9(14-11(12)15)6-7-4-3-5-8(7)13-10/h6,11,14-15H,3-5H2,1-2H3. The molecule has 1 aliphatic heterocycles. The predicted molar refractivity (Wildman–Crippen MR) is 58.9 cm³/mol. The molecule has 15 heavy (non-hydrogen) atoms. The summed E-state index contributed by atoms with van der Waals surface area (Å²) in [6.07, 6.45) is 2.93. The van der Waals surface area contributed by atoms with Gasteiger partial charge in [0.15, 0.2) is 0 Å². The Morgan fingerprint density at radius 1 is 1.47 bits per heavy atom. The Morgan fingerprint density at radius 2 is 2.27 bits per heavy atom. The number of pyridine rings is 1.